The number of hydrogen-bond donors (Lipinski definition) is 2. The average molecular weight is 544 g/mol. The Morgan fingerprint density at radius 2 is 1.43 bits per heavy atom. The summed E-state index contributed by atoms with van der Waals surface area (Å²) in [6.45, 7) is 9.92. The lowest BCUT2D eigenvalue weighted by Crippen LogP contribution is -2.54. The second-order valence-electron chi connectivity index (χ2n) is 10.9. The zero-order chi connectivity index (χ0) is 29.1. The molecule has 2 N–H and O–H groups in total. The highest BCUT2D eigenvalue weighted by atomic mass is 16.6. The summed E-state index contributed by atoms with van der Waals surface area (Å²) in [6, 6.07) is 25.0. The molecule has 212 valence electrons. The molecule has 0 heterocycles. The first-order valence-corrected chi connectivity index (χ1v) is 13.8. The minimum atomic E-state index is -0.932. The van der Waals surface area contributed by atoms with Crippen LogP contribution < -0.4 is 10.6 Å². The fourth-order valence-electron chi connectivity index (χ4n) is 4.41. The Kier molecular flexibility index (Phi) is 10.9. The number of benzene rings is 3. The maximum absolute atomic E-state index is 14.3. The highest BCUT2D eigenvalue weighted by Crippen LogP contribution is 2.24. The predicted octanol–water partition coefficient (Wildman–Crippen LogP) is 5.73. The van der Waals surface area contributed by atoms with E-state index in [0.717, 1.165) is 16.7 Å². The molecule has 0 aliphatic heterocycles. The van der Waals surface area contributed by atoms with Gasteiger partial charge in [0.1, 0.15) is 17.7 Å². The van der Waals surface area contributed by atoms with Gasteiger partial charge in [-0.2, -0.15) is 0 Å². The van der Waals surface area contributed by atoms with Crippen LogP contribution in [0.15, 0.2) is 84.9 Å². The lowest BCUT2D eigenvalue weighted by atomic mass is 9.99. The van der Waals surface area contributed by atoms with Crippen LogP contribution in [-0.2, 0) is 27.3 Å². The van der Waals surface area contributed by atoms with Gasteiger partial charge >= 0.3 is 6.09 Å². The minimum absolute atomic E-state index is 0.255. The largest absolute Gasteiger partial charge is 0.444 e. The molecule has 40 heavy (non-hydrogen) atoms. The van der Waals surface area contributed by atoms with Crippen molar-refractivity contribution in [1.82, 2.24) is 15.5 Å². The highest BCUT2D eigenvalue weighted by Gasteiger charge is 2.36. The smallest absolute Gasteiger partial charge is 0.408 e. The van der Waals surface area contributed by atoms with Gasteiger partial charge in [-0.05, 0) is 50.8 Å². The number of carbonyl (C=O) groups is 3. The number of rotatable bonds is 11. The summed E-state index contributed by atoms with van der Waals surface area (Å²) in [5.41, 5.74) is 2.87. The number of nitrogens with zero attached hydrogens (tertiary/aromatic N) is 1. The van der Waals surface area contributed by atoms with E-state index in [1.807, 2.05) is 98.8 Å². The summed E-state index contributed by atoms with van der Waals surface area (Å²) in [5.74, 6) is -0.637. The quantitative estimate of drug-likeness (QED) is 0.324. The molecular formula is C33H41N3O4. The van der Waals surface area contributed by atoms with Gasteiger partial charge in [0.05, 0.1) is 0 Å². The average Bonchev–Trinajstić information content (AvgIpc) is 2.92. The van der Waals surface area contributed by atoms with Crippen molar-refractivity contribution in [2.75, 3.05) is 6.54 Å². The molecule has 7 nitrogen and oxygen atoms in total. The van der Waals surface area contributed by atoms with E-state index in [1.165, 1.54) is 0 Å². The second-order valence-corrected chi connectivity index (χ2v) is 10.9. The molecule has 0 saturated heterocycles. The van der Waals surface area contributed by atoms with E-state index in [2.05, 4.69) is 10.6 Å². The maximum atomic E-state index is 14.3. The third-order valence-corrected chi connectivity index (χ3v) is 6.28. The topological polar surface area (TPSA) is 87.7 Å². The third kappa shape index (κ3) is 9.26. The van der Waals surface area contributed by atoms with E-state index in [0.29, 0.717) is 25.1 Å². The van der Waals surface area contributed by atoms with Crippen molar-refractivity contribution in [3.8, 4) is 0 Å². The number of amides is 3. The molecule has 0 bridgehead atoms. The standard InChI is InChI=1S/C33H41N3O4/c1-6-21-36(31(38)28(22-25-13-9-7-10-14-25)35-32(39)40-33(3,4)5)29(27-19-17-24(2)18-20-27)30(37)34-23-26-15-11-8-12-16-26/h7-20,28-29H,6,21-23H2,1-5H3,(H,34,37)(H,35,39). The molecule has 0 radical (unpaired) electrons. The monoisotopic (exact) mass is 543 g/mol. The van der Waals surface area contributed by atoms with Crippen LogP contribution in [0.25, 0.3) is 0 Å². The van der Waals surface area contributed by atoms with Crippen molar-refractivity contribution in [2.24, 2.45) is 0 Å². The van der Waals surface area contributed by atoms with Gasteiger partial charge in [-0.25, -0.2) is 4.79 Å². The number of ether oxygens (including phenoxy) is 1. The van der Waals surface area contributed by atoms with Gasteiger partial charge in [0, 0.05) is 19.5 Å². The molecule has 0 fully saturated rings. The number of carbonyl (C=O) groups excluding carboxylic acids is 3. The molecule has 3 rings (SSSR count). The van der Waals surface area contributed by atoms with E-state index < -0.39 is 23.8 Å². The van der Waals surface area contributed by atoms with E-state index in [4.69, 9.17) is 4.74 Å². The molecule has 0 spiro atoms. The van der Waals surface area contributed by atoms with Crippen molar-refractivity contribution in [2.45, 2.75) is 71.7 Å². The minimum Gasteiger partial charge on any atom is -0.444 e. The Bertz CT molecular complexity index is 1240. The molecule has 7 heteroatoms. The summed E-state index contributed by atoms with van der Waals surface area (Å²) in [4.78, 5) is 42.5. The molecular weight excluding hydrogens is 502 g/mol. The van der Waals surface area contributed by atoms with Crippen LogP contribution in [0.3, 0.4) is 0 Å². The zero-order valence-electron chi connectivity index (χ0n) is 24.1. The van der Waals surface area contributed by atoms with Gasteiger partial charge in [-0.1, -0.05) is 97.4 Å². The molecule has 3 aromatic rings. The van der Waals surface area contributed by atoms with E-state index >= 15 is 0 Å². The lowest BCUT2D eigenvalue weighted by Gasteiger charge is -2.34. The summed E-state index contributed by atoms with van der Waals surface area (Å²) in [6.07, 6.45) is 0.203. The fraction of sp³-hybridized carbons (Fsp3) is 0.364. The summed E-state index contributed by atoms with van der Waals surface area (Å²) in [5, 5.41) is 5.81. The van der Waals surface area contributed by atoms with Crippen LogP contribution in [0.5, 0.6) is 0 Å². The second kappa shape index (κ2) is 14.3. The molecule has 0 saturated carbocycles. The SMILES string of the molecule is CCCN(C(=O)C(Cc1ccccc1)NC(=O)OC(C)(C)C)C(C(=O)NCc1ccccc1)c1ccc(C)cc1. The first-order valence-electron chi connectivity index (χ1n) is 13.8. The van der Waals surface area contributed by atoms with Gasteiger partial charge in [-0.3, -0.25) is 9.59 Å². The van der Waals surface area contributed by atoms with Crippen molar-refractivity contribution in [1.29, 1.82) is 0 Å². The Hall–Kier alpha value is -4.13. The van der Waals surface area contributed by atoms with Crippen molar-refractivity contribution >= 4 is 17.9 Å². The summed E-state index contributed by atoms with van der Waals surface area (Å²) >= 11 is 0. The molecule has 3 aromatic carbocycles. The first kappa shape index (κ1) is 30.4. The molecule has 2 unspecified atom stereocenters. The molecule has 0 aliphatic rings. The number of nitrogens with one attached hydrogen (secondary N) is 2. The first-order chi connectivity index (χ1) is 19.1. The van der Waals surface area contributed by atoms with Crippen LogP contribution in [0.4, 0.5) is 4.79 Å². The highest BCUT2D eigenvalue weighted by molar-refractivity contribution is 5.92. The summed E-state index contributed by atoms with van der Waals surface area (Å²) < 4.78 is 5.49. The van der Waals surface area contributed by atoms with Crippen LogP contribution in [0.1, 0.15) is 62.4 Å². The molecule has 2 atom stereocenters. The van der Waals surface area contributed by atoms with E-state index in [1.54, 1.807) is 25.7 Å². The van der Waals surface area contributed by atoms with Gasteiger partial charge < -0.3 is 20.3 Å². The van der Waals surface area contributed by atoms with E-state index in [-0.39, 0.29) is 18.2 Å². The van der Waals surface area contributed by atoms with Gasteiger partial charge in [-0.15, -0.1) is 0 Å². The Morgan fingerprint density at radius 3 is 1.98 bits per heavy atom. The van der Waals surface area contributed by atoms with Crippen LogP contribution >= 0.6 is 0 Å². The van der Waals surface area contributed by atoms with Crippen LogP contribution in [0, 0.1) is 6.92 Å². The third-order valence-electron chi connectivity index (χ3n) is 6.28. The maximum Gasteiger partial charge on any atom is 0.408 e. The van der Waals surface area contributed by atoms with E-state index in [9.17, 15) is 14.4 Å². The molecule has 0 aliphatic carbocycles. The zero-order valence-corrected chi connectivity index (χ0v) is 24.1. The van der Waals surface area contributed by atoms with Crippen molar-refractivity contribution in [3.05, 3.63) is 107 Å². The lowest BCUT2D eigenvalue weighted by molar-refractivity contribution is -0.142. The Labute approximate surface area is 237 Å². The van der Waals surface area contributed by atoms with Gasteiger partial charge in [0.2, 0.25) is 11.8 Å². The van der Waals surface area contributed by atoms with Crippen molar-refractivity contribution < 1.29 is 19.1 Å². The molecule has 0 aromatic heterocycles. The number of hydrogen-bond acceptors (Lipinski definition) is 4. The van der Waals surface area contributed by atoms with Crippen LogP contribution in [0.2, 0.25) is 0 Å². The van der Waals surface area contributed by atoms with Crippen LogP contribution in [-0.4, -0.2) is 41.0 Å². The summed E-state index contributed by atoms with van der Waals surface area (Å²) in [7, 11) is 0. The number of aryl methyl sites for hydroxylation is 1. The Morgan fingerprint density at radius 1 is 0.850 bits per heavy atom. The molecule has 3 amide bonds. The Balaban J connectivity index is 1.97. The normalized spacial score (nSPS) is 12.6. The van der Waals surface area contributed by atoms with Gasteiger partial charge in [0.25, 0.3) is 0 Å². The van der Waals surface area contributed by atoms with Gasteiger partial charge in [0.15, 0.2) is 0 Å². The number of alkyl carbamates (subject to hydrolysis) is 1. The fourth-order valence-corrected chi connectivity index (χ4v) is 4.41. The predicted molar refractivity (Wildman–Crippen MR) is 158 cm³/mol. The van der Waals surface area contributed by atoms with Crippen molar-refractivity contribution in [3.63, 3.8) is 0 Å².